The van der Waals surface area contributed by atoms with Crippen molar-refractivity contribution < 1.29 is 17.9 Å². The van der Waals surface area contributed by atoms with Crippen LogP contribution in [-0.4, -0.2) is 39.0 Å². The summed E-state index contributed by atoms with van der Waals surface area (Å²) in [6.07, 6.45) is -4.21. The van der Waals surface area contributed by atoms with Crippen LogP contribution in [0.25, 0.3) is 0 Å². The third kappa shape index (κ3) is 3.53. The molecule has 18 heavy (non-hydrogen) atoms. The van der Waals surface area contributed by atoms with Crippen molar-refractivity contribution in [1.82, 2.24) is 0 Å². The molecule has 0 spiro atoms. The summed E-state index contributed by atoms with van der Waals surface area (Å²) in [7, 11) is 0. The second-order valence-electron chi connectivity index (χ2n) is 4.09. The normalized spacial score (nSPS) is 16.7. The number of rotatable bonds is 3. The molecule has 100 valence electrons. The average Bonchev–Trinajstić information content (AvgIpc) is 2.37. The summed E-state index contributed by atoms with van der Waals surface area (Å²) >= 11 is 0. The van der Waals surface area contributed by atoms with Gasteiger partial charge in [0, 0.05) is 13.1 Å². The van der Waals surface area contributed by atoms with Gasteiger partial charge in [-0.2, -0.15) is 13.2 Å². The van der Waals surface area contributed by atoms with Gasteiger partial charge >= 0.3 is 6.18 Å². The van der Waals surface area contributed by atoms with Crippen molar-refractivity contribution in [3.05, 3.63) is 24.3 Å². The third-order valence-corrected chi connectivity index (χ3v) is 2.74. The van der Waals surface area contributed by atoms with E-state index >= 15 is 0 Å². The Labute approximate surface area is 104 Å². The summed E-state index contributed by atoms with van der Waals surface area (Å²) < 4.78 is 41.9. The quantitative estimate of drug-likeness (QED) is 0.903. The Morgan fingerprint density at radius 3 is 2.50 bits per heavy atom. The van der Waals surface area contributed by atoms with Crippen LogP contribution in [0, 0.1) is 0 Å². The van der Waals surface area contributed by atoms with E-state index < -0.39 is 12.7 Å². The van der Waals surface area contributed by atoms with Gasteiger partial charge in [0.05, 0.1) is 24.6 Å². The van der Waals surface area contributed by atoms with E-state index in [2.05, 4.69) is 5.32 Å². The van der Waals surface area contributed by atoms with Crippen LogP contribution in [0.15, 0.2) is 24.3 Å². The minimum absolute atomic E-state index is 0.511. The van der Waals surface area contributed by atoms with E-state index in [0.29, 0.717) is 32.0 Å². The number of para-hydroxylation sites is 2. The molecule has 0 atom stereocenters. The molecular formula is C12H15F3N2O. The molecule has 1 fully saturated rings. The number of benzene rings is 1. The molecule has 0 aliphatic carbocycles. The molecular weight excluding hydrogens is 245 g/mol. The summed E-state index contributed by atoms with van der Waals surface area (Å²) in [6.45, 7) is 1.59. The van der Waals surface area contributed by atoms with Gasteiger partial charge in [-0.15, -0.1) is 0 Å². The zero-order valence-electron chi connectivity index (χ0n) is 9.83. The second kappa shape index (κ2) is 5.48. The molecule has 1 heterocycles. The van der Waals surface area contributed by atoms with Gasteiger partial charge in [-0.05, 0) is 12.1 Å². The van der Waals surface area contributed by atoms with Gasteiger partial charge in [-0.3, -0.25) is 0 Å². The van der Waals surface area contributed by atoms with Gasteiger partial charge in [-0.25, -0.2) is 0 Å². The fourth-order valence-electron chi connectivity index (χ4n) is 1.90. The van der Waals surface area contributed by atoms with Crippen LogP contribution >= 0.6 is 0 Å². The molecule has 0 unspecified atom stereocenters. The number of hydrogen-bond acceptors (Lipinski definition) is 3. The molecule has 0 radical (unpaired) electrons. The van der Waals surface area contributed by atoms with Crippen LogP contribution in [0.5, 0.6) is 0 Å². The van der Waals surface area contributed by atoms with Crippen molar-refractivity contribution in [2.45, 2.75) is 6.18 Å². The minimum Gasteiger partial charge on any atom is -0.378 e. The lowest BCUT2D eigenvalue weighted by Crippen LogP contribution is -2.36. The zero-order valence-corrected chi connectivity index (χ0v) is 9.83. The Morgan fingerprint density at radius 2 is 1.83 bits per heavy atom. The molecule has 0 saturated carbocycles. The van der Waals surface area contributed by atoms with Gasteiger partial charge in [0.25, 0.3) is 0 Å². The van der Waals surface area contributed by atoms with Crippen LogP contribution in [0.4, 0.5) is 24.5 Å². The van der Waals surface area contributed by atoms with Crippen molar-refractivity contribution in [2.75, 3.05) is 43.1 Å². The van der Waals surface area contributed by atoms with Crippen molar-refractivity contribution in [1.29, 1.82) is 0 Å². The number of morpholine rings is 1. The molecule has 1 aliphatic heterocycles. The van der Waals surface area contributed by atoms with E-state index in [1.165, 1.54) is 0 Å². The summed E-state index contributed by atoms with van der Waals surface area (Å²) in [5.41, 5.74) is 1.31. The van der Waals surface area contributed by atoms with E-state index in [4.69, 9.17) is 4.74 Å². The predicted octanol–water partition coefficient (Wildman–Crippen LogP) is 2.50. The first kappa shape index (κ1) is 13.0. The minimum atomic E-state index is -4.21. The van der Waals surface area contributed by atoms with Crippen LogP contribution in [-0.2, 0) is 4.74 Å². The Bertz CT molecular complexity index is 389. The number of nitrogens with zero attached hydrogens (tertiary/aromatic N) is 1. The van der Waals surface area contributed by atoms with Gasteiger partial charge in [0.1, 0.15) is 6.54 Å². The molecule has 1 aromatic carbocycles. The Hall–Kier alpha value is -1.43. The second-order valence-corrected chi connectivity index (χ2v) is 4.09. The maximum Gasteiger partial charge on any atom is 0.405 e. The first-order valence-corrected chi connectivity index (χ1v) is 5.78. The van der Waals surface area contributed by atoms with Gasteiger partial charge < -0.3 is 15.0 Å². The first-order chi connectivity index (χ1) is 8.56. The van der Waals surface area contributed by atoms with Crippen LogP contribution in [0.3, 0.4) is 0 Å². The molecule has 2 rings (SSSR count). The zero-order chi connectivity index (χ0) is 13.0. The number of ether oxygens (including phenoxy) is 1. The van der Waals surface area contributed by atoms with Gasteiger partial charge in [0.2, 0.25) is 0 Å². The van der Waals surface area contributed by atoms with Crippen LogP contribution in [0.1, 0.15) is 0 Å². The van der Waals surface area contributed by atoms with Crippen molar-refractivity contribution >= 4 is 11.4 Å². The van der Waals surface area contributed by atoms with Crippen molar-refractivity contribution in [3.8, 4) is 0 Å². The van der Waals surface area contributed by atoms with Crippen molar-refractivity contribution in [3.63, 3.8) is 0 Å². The van der Waals surface area contributed by atoms with E-state index in [-0.39, 0.29) is 0 Å². The summed E-state index contributed by atoms with van der Waals surface area (Å²) in [4.78, 5) is 2.03. The molecule has 1 aromatic rings. The number of alkyl halides is 3. The number of hydrogen-bond donors (Lipinski definition) is 1. The smallest absolute Gasteiger partial charge is 0.378 e. The van der Waals surface area contributed by atoms with Crippen LogP contribution in [0.2, 0.25) is 0 Å². The summed E-state index contributed by atoms with van der Waals surface area (Å²) in [5, 5.41) is 2.44. The lowest BCUT2D eigenvalue weighted by molar-refractivity contribution is -0.115. The van der Waals surface area contributed by atoms with E-state index in [1.807, 2.05) is 17.0 Å². The average molecular weight is 260 g/mol. The largest absolute Gasteiger partial charge is 0.405 e. The maximum atomic E-state index is 12.2. The third-order valence-electron chi connectivity index (χ3n) is 2.74. The Morgan fingerprint density at radius 1 is 1.17 bits per heavy atom. The lowest BCUT2D eigenvalue weighted by atomic mass is 10.2. The Kier molecular flexibility index (Phi) is 3.96. The van der Waals surface area contributed by atoms with E-state index in [0.717, 1.165) is 5.69 Å². The summed E-state index contributed by atoms with van der Waals surface area (Å²) in [6, 6.07) is 7.03. The number of halogens is 3. The predicted molar refractivity (Wildman–Crippen MR) is 64.0 cm³/mol. The molecule has 1 N–H and O–H groups in total. The molecule has 1 saturated heterocycles. The highest BCUT2D eigenvalue weighted by Crippen LogP contribution is 2.27. The molecule has 0 bridgehead atoms. The van der Waals surface area contributed by atoms with Gasteiger partial charge in [-0.1, -0.05) is 12.1 Å². The highest BCUT2D eigenvalue weighted by Gasteiger charge is 2.27. The summed E-state index contributed by atoms with van der Waals surface area (Å²) in [5.74, 6) is 0. The monoisotopic (exact) mass is 260 g/mol. The molecule has 1 aliphatic rings. The van der Waals surface area contributed by atoms with Gasteiger partial charge in [0.15, 0.2) is 0 Å². The number of nitrogens with one attached hydrogen (secondary N) is 1. The fourth-order valence-corrected chi connectivity index (χ4v) is 1.90. The topological polar surface area (TPSA) is 24.5 Å². The highest BCUT2D eigenvalue weighted by molar-refractivity contribution is 5.70. The molecule has 0 amide bonds. The molecule has 0 aromatic heterocycles. The number of anilines is 2. The highest BCUT2D eigenvalue weighted by atomic mass is 19.4. The SMILES string of the molecule is FC(F)(F)CNc1ccccc1N1CCOCC1. The molecule has 6 heteroatoms. The Balaban J connectivity index is 2.09. The van der Waals surface area contributed by atoms with E-state index in [1.54, 1.807) is 12.1 Å². The first-order valence-electron chi connectivity index (χ1n) is 5.78. The molecule has 3 nitrogen and oxygen atoms in total. The standard InChI is InChI=1S/C12H15F3N2O/c13-12(14,15)9-16-10-3-1-2-4-11(10)17-5-7-18-8-6-17/h1-4,16H,5-9H2. The van der Waals surface area contributed by atoms with Crippen molar-refractivity contribution in [2.24, 2.45) is 0 Å². The fraction of sp³-hybridized carbons (Fsp3) is 0.500. The lowest BCUT2D eigenvalue weighted by Gasteiger charge is -2.30. The van der Waals surface area contributed by atoms with E-state index in [9.17, 15) is 13.2 Å². The maximum absolute atomic E-state index is 12.2. The van der Waals surface area contributed by atoms with Crippen LogP contribution < -0.4 is 10.2 Å².